The van der Waals surface area contributed by atoms with E-state index in [-0.39, 0.29) is 5.91 Å². The van der Waals surface area contributed by atoms with Crippen molar-refractivity contribution < 1.29 is 4.79 Å². The van der Waals surface area contributed by atoms with E-state index < -0.39 is 0 Å². The molecule has 1 aromatic heterocycles. The zero-order valence-corrected chi connectivity index (χ0v) is 9.52. The van der Waals surface area contributed by atoms with Crippen LogP contribution in [0.4, 0.5) is 0 Å². The SMILES string of the molecule is O=C(NCC1CC1)c1ccc2ccccc2n1. The first-order valence-electron chi connectivity index (χ1n) is 5.97. The van der Waals surface area contributed by atoms with Crippen LogP contribution in [-0.4, -0.2) is 17.4 Å². The molecule has 3 rings (SSSR count). The Labute approximate surface area is 99.9 Å². The summed E-state index contributed by atoms with van der Waals surface area (Å²) >= 11 is 0. The first-order valence-corrected chi connectivity index (χ1v) is 5.97. The van der Waals surface area contributed by atoms with Crippen molar-refractivity contribution in [2.75, 3.05) is 6.54 Å². The number of fused-ring (bicyclic) bond motifs is 1. The standard InChI is InChI=1S/C14H14N2O/c17-14(15-9-10-5-6-10)13-8-7-11-3-1-2-4-12(11)16-13/h1-4,7-8,10H,5-6,9H2,(H,15,17). The van der Waals surface area contributed by atoms with E-state index in [9.17, 15) is 4.79 Å². The minimum atomic E-state index is -0.0670. The van der Waals surface area contributed by atoms with Gasteiger partial charge in [-0.2, -0.15) is 0 Å². The molecule has 3 nitrogen and oxygen atoms in total. The van der Waals surface area contributed by atoms with E-state index in [0.717, 1.165) is 17.4 Å². The molecule has 1 heterocycles. The highest BCUT2D eigenvalue weighted by molar-refractivity contribution is 5.94. The van der Waals surface area contributed by atoms with Gasteiger partial charge in [0.2, 0.25) is 0 Å². The number of rotatable bonds is 3. The minimum Gasteiger partial charge on any atom is -0.350 e. The molecule has 1 aliphatic rings. The summed E-state index contributed by atoms with van der Waals surface area (Å²) in [5.41, 5.74) is 1.37. The average molecular weight is 226 g/mol. The molecule has 0 spiro atoms. The Hall–Kier alpha value is -1.90. The molecule has 0 aliphatic heterocycles. The molecular formula is C14H14N2O. The van der Waals surface area contributed by atoms with Crippen molar-refractivity contribution >= 4 is 16.8 Å². The number of carbonyl (C=O) groups excluding carboxylic acids is 1. The van der Waals surface area contributed by atoms with E-state index in [4.69, 9.17) is 0 Å². The van der Waals surface area contributed by atoms with Gasteiger partial charge in [0, 0.05) is 11.9 Å². The number of hydrogen-bond donors (Lipinski definition) is 1. The molecule has 1 aliphatic carbocycles. The zero-order valence-electron chi connectivity index (χ0n) is 9.52. The average Bonchev–Trinajstić information content (AvgIpc) is 3.19. The van der Waals surface area contributed by atoms with Gasteiger partial charge in [0.1, 0.15) is 5.69 Å². The van der Waals surface area contributed by atoms with Crippen LogP contribution in [0, 0.1) is 5.92 Å². The van der Waals surface area contributed by atoms with Crippen molar-refractivity contribution in [3.8, 4) is 0 Å². The molecule has 0 atom stereocenters. The van der Waals surface area contributed by atoms with Gasteiger partial charge in [-0.1, -0.05) is 24.3 Å². The Kier molecular flexibility index (Phi) is 2.52. The summed E-state index contributed by atoms with van der Waals surface area (Å²) in [5, 5.41) is 3.99. The maximum Gasteiger partial charge on any atom is 0.269 e. The van der Waals surface area contributed by atoms with Gasteiger partial charge in [0.15, 0.2) is 0 Å². The van der Waals surface area contributed by atoms with Crippen LogP contribution in [0.5, 0.6) is 0 Å². The first-order chi connectivity index (χ1) is 8.33. The third kappa shape index (κ3) is 2.28. The van der Waals surface area contributed by atoms with Gasteiger partial charge in [0.25, 0.3) is 5.91 Å². The van der Waals surface area contributed by atoms with Crippen LogP contribution in [0.2, 0.25) is 0 Å². The molecule has 3 heteroatoms. The number of para-hydroxylation sites is 1. The van der Waals surface area contributed by atoms with Crippen LogP contribution in [-0.2, 0) is 0 Å². The number of pyridine rings is 1. The predicted octanol–water partition coefficient (Wildman–Crippen LogP) is 2.37. The molecule has 0 unspecified atom stereocenters. The second kappa shape index (κ2) is 4.17. The third-order valence-electron chi connectivity index (χ3n) is 3.08. The topological polar surface area (TPSA) is 42.0 Å². The van der Waals surface area contributed by atoms with Crippen molar-refractivity contribution in [3.63, 3.8) is 0 Å². The van der Waals surface area contributed by atoms with Crippen LogP contribution >= 0.6 is 0 Å². The van der Waals surface area contributed by atoms with Gasteiger partial charge in [-0.15, -0.1) is 0 Å². The number of nitrogens with one attached hydrogen (secondary N) is 1. The van der Waals surface area contributed by atoms with Crippen LogP contribution in [0.1, 0.15) is 23.3 Å². The zero-order chi connectivity index (χ0) is 11.7. The Morgan fingerprint density at radius 1 is 1.24 bits per heavy atom. The van der Waals surface area contributed by atoms with Crippen molar-refractivity contribution in [3.05, 3.63) is 42.1 Å². The second-order valence-corrected chi connectivity index (χ2v) is 4.54. The highest BCUT2D eigenvalue weighted by Gasteiger charge is 2.22. The molecule has 1 amide bonds. The van der Waals surface area contributed by atoms with Gasteiger partial charge in [-0.05, 0) is 30.9 Å². The first kappa shape index (κ1) is 10.3. The second-order valence-electron chi connectivity index (χ2n) is 4.54. The van der Waals surface area contributed by atoms with Gasteiger partial charge < -0.3 is 5.32 Å². The molecule has 1 fully saturated rings. The number of amides is 1. The number of nitrogens with zero attached hydrogens (tertiary/aromatic N) is 1. The highest BCUT2D eigenvalue weighted by atomic mass is 16.1. The van der Waals surface area contributed by atoms with Crippen molar-refractivity contribution in [1.82, 2.24) is 10.3 Å². The van der Waals surface area contributed by atoms with Crippen LogP contribution in [0.25, 0.3) is 10.9 Å². The van der Waals surface area contributed by atoms with E-state index in [1.54, 1.807) is 6.07 Å². The summed E-state index contributed by atoms with van der Waals surface area (Å²) in [6, 6.07) is 11.5. The number of aromatic nitrogens is 1. The summed E-state index contributed by atoms with van der Waals surface area (Å²) < 4.78 is 0. The van der Waals surface area contributed by atoms with E-state index in [2.05, 4.69) is 10.3 Å². The molecule has 0 radical (unpaired) electrons. The Morgan fingerprint density at radius 2 is 2.06 bits per heavy atom. The number of hydrogen-bond acceptors (Lipinski definition) is 2. The van der Waals surface area contributed by atoms with Crippen LogP contribution in [0.3, 0.4) is 0 Å². The van der Waals surface area contributed by atoms with Gasteiger partial charge in [-0.3, -0.25) is 4.79 Å². The summed E-state index contributed by atoms with van der Waals surface area (Å²) in [4.78, 5) is 16.2. The lowest BCUT2D eigenvalue weighted by Gasteiger charge is -2.04. The fraction of sp³-hybridized carbons (Fsp3) is 0.286. The van der Waals surface area contributed by atoms with E-state index in [0.29, 0.717) is 11.6 Å². The van der Waals surface area contributed by atoms with Gasteiger partial charge in [0.05, 0.1) is 5.52 Å². The van der Waals surface area contributed by atoms with Gasteiger partial charge >= 0.3 is 0 Å². The number of benzene rings is 1. The van der Waals surface area contributed by atoms with E-state index in [1.165, 1.54) is 12.8 Å². The Morgan fingerprint density at radius 3 is 2.88 bits per heavy atom. The molecule has 0 bridgehead atoms. The quantitative estimate of drug-likeness (QED) is 0.873. The number of carbonyl (C=O) groups is 1. The Bertz CT molecular complexity index is 561. The molecule has 17 heavy (non-hydrogen) atoms. The smallest absolute Gasteiger partial charge is 0.269 e. The Balaban J connectivity index is 1.81. The summed E-state index contributed by atoms with van der Waals surface area (Å²) in [5.74, 6) is 0.627. The predicted molar refractivity (Wildman–Crippen MR) is 66.8 cm³/mol. The summed E-state index contributed by atoms with van der Waals surface area (Å²) in [7, 11) is 0. The van der Waals surface area contributed by atoms with Crippen molar-refractivity contribution in [1.29, 1.82) is 0 Å². The molecule has 1 aromatic carbocycles. The minimum absolute atomic E-state index is 0.0670. The third-order valence-corrected chi connectivity index (χ3v) is 3.08. The lowest BCUT2D eigenvalue weighted by Crippen LogP contribution is -2.26. The molecule has 1 saturated carbocycles. The summed E-state index contributed by atoms with van der Waals surface area (Å²) in [6.07, 6.45) is 2.48. The van der Waals surface area contributed by atoms with Crippen LogP contribution in [0.15, 0.2) is 36.4 Å². The largest absolute Gasteiger partial charge is 0.350 e. The maximum absolute atomic E-state index is 11.8. The fourth-order valence-corrected chi connectivity index (χ4v) is 1.84. The van der Waals surface area contributed by atoms with Crippen molar-refractivity contribution in [2.24, 2.45) is 5.92 Å². The summed E-state index contributed by atoms with van der Waals surface area (Å²) in [6.45, 7) is 0.785. The lowest BCUT2D eigenvalue weighted by atomic mass is 10.2. The lowest BCUT2D eigenvalue weighted by molar-refractivity contribution is 0.0947. The molecule has 1 N–H and O–H groups in total. The van der Waals surface area contributed by atoms with Crippen molar-refractivity contribution in [2.45, 2.75) is 12.8 Å². The van der Waals surface area contributed by atoms with E-state index >= 15 is 0 Å². The van der Waals surface area contributed by atoms with Gasteiger partial charge in [-0.25, -0.2) is 4.98 Å². The van der Waals surface area contributed by atoms with E-state index in [1.807, 2.05) is 30.3 Å². The molecule has 2 aromatic rings. The van der Waals surface area contributed by atoms with Crippen LogP contribution < -0.4 is 5.32 Å². The molecule has 86 valence electrons. The molecule has 0 saturated heterocycles. The fourth-order valence-electron chi connectivity index (χ4n) is 1.84. The highest BCUT2D eigenvalue weighted by Crippen LogP contribution is 2.27. The normalized spacial score (nSPS) is 14.8. The molecular weight excluding hydrogens is 212 g/mol. The monoisotopic (exact) mass is 226 g/mol. The maximum atomic E-state index is 11.8.